The van der Waals surface area contributed by atoms with Crippen LogP contribution in [0.4, 0.5) is 10.9 Å². The van der Waals surface area contributed by atoms with E-state index in [1.807, 2.05) is 20.0 Å². The third-order valence-corrected chi connectivity index (χ3v) is 3.46. The molecule has 0 bridgehead atoms. The molecule has 0 aliphatic carbocycles. The number of nitrogens with zero attached hydrogens (tertiary/aromatic N) is 3. The minimum Gasteiger partial charge on any atom is -0.465 e. The number of carbonyl (C=O) groups excluding carboxylic acids is 1. The fourth-order valence-electron chi connectivity index (χ4n) is 1.57. The number of aryl methyl sites for hydroxylation is 3. The van der Waals surface area contributed by atoms with Crippen LogP contribution in [0.2, 0.25) is 0 Å². The van der Waals surface area contributed by atoms with E-state index in [1.54, 1.807) is 11.6 Å². The summed E-state index contributed by atoms with van der Waals surface area (Å²) < 4.78 is 6.42. The zero-order valence-electron chi connectivity index (χ0n) is 10.6. The van der Waals surface area contributed by atoms with Gasteiger partial charge < -0.3 is 10.1 Å². The molecule has 0 fully saturated rings. The van der Waals surface area contributed by atoms with Crippen molar-refractivity contribution in [3.63, 3.8) is 0 Å². The highest BCUT2D eigenvalue weighted by molar-refractivity contribution is 7.17. The molecule has 2 aromatic rings. The highest BCUT2D eigenvalue weighted by Crippen LogP contribution is 2.26. The Kier molecular flexibility index (Phi) is 3.33. The first-order valence-electron chi connectivity index (χ1n) is 5.34. The SMILES string of the molecule is COC(=O)c1sc(Nc2cc(C)nn2C)nc1C. The molecule has 2 rings (SSSR count). The molecule has 0 saturated heterocycles. The summed E-state index contributed by atoms with van der Waals surface area (Å²) in [4.78, 5) is 16.3. The number of nitrogens with one attached hydrogen (secondary N) is 1. The second-order valence-corrected chi connectivity index (χ2v) is 4.84. The molecule has 0 unspecified atom stereocenters. The molecule has 0 saturated carbocycles. The van der Waals surface area contributed by atoms with Crippen LogP contribution < -0.4 is 5.32 Å². The maximum Gasteiger partial charge on any atom is 0.350 e. The molecule has 18 heavy (non-hydrogen) atoms. The van der Waals surface area contributed by atoms with Crippen molar-refractivity contribution in [2.24, 2.45) is 7.05 Å². The van der Waals surface area contributed by atoms with Crippen molar-refractivity contribution in [1.29, 1.82) is 0 Å². The van der Waals surface area contributed by atoms with Gasteiger partial charge in [-0.05, 0) is 13.8 Å². The average molecular weight is 266 g/mol. The van der Waals surface area contributed by atoms with Gasteiger partial charge in [0, 0.05) is 13.1 Å². The number of thiazole rings is 1. The van der Waals surface area contributed by atoms with Gasteiger partial charge in [0.2, 0.25) is 0 Å². The quantitative estimate of drug-likeness (QED) is 0.861. The topological polar surface area (TPSA) is 69.0 Å². The Morgan fingerprint density at radius 2 is 2.22 bits per heavy atom. The maximum atomic E-state index is 11.5. The number of hydrogen-bond acceptors (Lipinski definition) is 6. The number of carbonyl (C=O) groups is 1. The van der Waals surface area contributed by atoms with Crippen molar-refractivity contribution < 1.29 is 9.53 Å². The van der Waals surface area contributed by atoms with Gasteiger partial charge in [-0.3, -0.25) is 4.68 Å². The van der Waals surface area contributed by atoms with Crippen molar-refractivity contribution in [2.75, 3.05) is 12.4 Å². The van der Waals surface area contributed by atoms with Gasteiger partial charge in [0.25, 0.3) is 0 Å². The van der Waals surface area contributed by atoms with Gasteiger partial charge in [0.15, 0.2) is 5.13 Å². The molecule has 6 nitrogen and oxygen atoms in total. The Morgan fingerprint density at radius 3 is 2.78 bits per heavy atom. The Morgan fingerprint density at radius 1 is 1.50 bits per heavy atom. The van der Waals surface area contributed by atoms with Crippen LogP contribution in [0.15, 0.2) is 6.07 Å². The van der Waals surface area contributed by atoms with Crippen molar-refractivity contribution in [3.05, 3.63) is 22.3 Å². The van der Waals surface area contributed by atoms with Gasteiger partial charge in [-0.15, -0.1) is 0 Å². The molecule has 2 heterocycles. The van der Waals surface area contributed by atoms with E-state index >= 15 is 0 Å². The molecular formula is C11H14N4O2S. The summed E-state index contributed by atoms with van der Waals surface area (Å²) >= 11 is 1.27. The molecule has 0 radical (unpaired) electrons. The van der Waals surface area contributed by atoms with Crippen LogP contribution in [-0.4, -0.2) is 27.8 Å². The van der Waals surface area contributed by atoms with Crippen molar-refractivity contribution in [2.45, 2.75) is 13.8 Å². The number of esters is 1. The molecule has 1 N–H and O–H groups in total. The van der Waals surface area contributed by atoms with Crippen LogP contribution in [0.5, 0.6) is 0 Å². The third kappa shape index (κ3) is 2.35. The molecule has 2 aromatic heterocycles. The lowest BCUT2D eigenvalue weighted by atomic mass is 10.4. The minimum absolute atomic E-state index is 0.362. The van der Waals surface area contributed by atoms with E-state index in [1.165, 1.54) is 18.4 Å². The first-order valence-corrected chi connectivity index (χ1v) is 6.16. The molecule has 0 atom stereocenters. The first kappa shape index (κ1) is 12.6. The maximum absolute atomic E-state index is 11.5. The van der Waals surface area contributed by atoms with Gasteiger partial charge in [0.1, 0.15) is 10.7 Å². The number of methoxy groups -OCH3 is 1. The average Bonchev–Trinajstić information content (AvgIpc) is 2.82. The second-order valence-electron chi connectivity index (χ2n) is 3.84. The molecule has 96 valence electrons. The fourth-order valence-corrected chi connectivity index (χ4v) is 2.46. The summed E-state index contributed by atoms with van der Waals surface area (Å²) in [5, 5.41) is 8.01. The van der Waals surface area contributed by atoms with E-state index < -0.39 is 0 Å². The zero-order chi connectivity index (χ0) is 13.3. The predicted molar refractivity (Wildman–Crippen MR) is 69.4 cm³/mol. The van der Waals surface area contributed by atoms with Crippen LogP contribution in [0, 0.1) is 13.8 Å². The third-order valence-electron chi connectivity index (χ3n) is 2.40. The molecule has 0 aromatic carbocycles. The second kappa shape index (κ2) is 4.77. The molecule has 0 aliphatic heterocycles. The Bertz CT molecular complexity index is 588. The molecule has 7 heteroatoms. The van der Waals surface area contributed by atoms with E-state index in [4.69, 9.17) is 4.74 Å². The van der Waals surface area contributed by atoms with Crippen LogP contribution in [0.1, 0.15) is 21.1 Å². The van der Waals surface area contributed by atoms with Crippen molar-refractivity contribution in [3.8, 4) is 0 Å². The number of rotatable bonds is 3. The van der Waals surface area contributed by atoms with E-state index in [9.17, 15) is 4.79 Å². The lowest BCUT2D eigenvalue weighted by Gasteiger charge is -2.01. The summed E-state index contributed by atoms with van der Waals surface area (Å²) in [5.41, 5.74) is 1.58. The monoisotopic (exact) mass is 266 g/mol. The van der Waals surface area contributed by atoms with Crippen molar-refractivity contribution >= 4 is 28.3 Å². The molecule has 0 spiro atoms. The number of ether oxygens (including phenoxy) is 1. The van der Waals surface area contributed by atoms with Crippen LogP contribution in [-0.2, 0) is 11.8 Å². The summed E-state index contributed by atoms with van der Waals surface area (Å²) in [6.07, 6.45) is 0. The number of aromatic nitrogens is 3. The van der Waals surface area contributed by atoms with Crippen LogP contribution in [0.3, 0.4) is 0 Å². The standard InChI is InChI=1S/C11H14N4O2S/c1-6-5-8(15(3)14-6)13-11-12-7(2)9(18-11)10(16)17-4/h5H,1-4H3,(H,12,13). The Balaban J connectivity index is 2.25. The van der Waals surface area contributed by atoms with E-state index in [2.05, 4.69) is 15.4 Å². The molecule has 0 amide bonds. The predicted octanol–water partition coefficient (Wildman–Crippen LogP) is 2.02. The van der Waals surface area contributed by atoms with Gasteiger partial charge >= 0.3 is 5.97 Å². The fraction of sp³-hybridized carbons (Fsp3) is 0.364. The Labute approximate surface area is 109 Å². The summed E-state index contributed by atoms with van der Waals surface area (Å²) in [6, 6.07) is 1.91. The highest BCUT2D eigenvalue weighted by atomic mass is 32.1. The molecular weight excluding hydrogens is 252 g/mol. The van der Waals surface area contributed by atoms with E-state index in [0.717, 1.165) is 11.5 Å². The van der Waals surface area contributed by atoms with Gasteiger partial charge in [-0.1, -0.05) is 11.3 Å². The van der Waals surface area contributed by atoms with Gasteiger partial charge in [-0.25, -0.2) is 9.78 Å². The van der Waals surface area contributed by atoms with E-state index in [0.29, 0.717) is 15.7 Å². The number of anilines is 2. The molecule has 0 aliphatic rings. The Hall–Kier alpha value is -1.89. The number of hydrogen-bond donors (Lipinski definition) is 1. The van der Waals surface area contributed by atoms with Crippen molar-refractivity contribution in [1.82, 2.24) is 14.8 Å². The largest absolute Gasteiger partial charge is 0.465 e. The van der Waals surface area contributed by atoms with Crippen LogP contribution >= 0.6 is 11.3 Å². The summed E-state index contributed by atoms with van der Waals surface area (Å²) in [5.74, 6) is 0.469. The zero-order valence-corrected chi connectivity index (χ0v) is 11.5. The smallest absolute Gasteiger partial charge is 0.350 e. The van der Waals surface area contributed by atoms with Crippen LogP contribution in [0.25, 0.3) is 0 Å². The highest BCUT2D eigenvalue weighted by Gasteiger charge is 2.16. The van der Waals surface area contributed by atoms with E-state index in [-0.39, 0.29) is 5.97 Å². The van der Waals surface area contributed by atoms with Gasteiger partial charge in [0.05, 0.1) is 18.5 Å². The van der Waals surface area contributed by atoms with Gasteiger partial charge in [-0.2, -0.15) is 5.10 Å². The summed E-state index contributed by atoms with van der Waals surface area (Å²) in [7, 11) is 3.20. The first-order chi connectivity index (χ1) is 8.51. The summed E-state index contributed by atoms with van der Waals surface area (Å²) in [6.45, 7) is 3.70. The lowest BCUT2D eigenvalue weighted by molar-refractivity contribution is 0.0605. The lowest BCUT2D eigenvalue weighted by Crippen LogP contribution is -1.99. The normalized spacial score (nSPS) is 10.4. The minimum atomic E-state index is -0.362.